The van der Waals surface area contributed by atoms with Crippen LogP contribution in [0.1, 0.15) is 41.3 Å². The second kappa shape index (κ2) is 11.2. The summed E-state index contributed by atoms with van der Waals surface area (Å²) in [5.74, 6) is 0.505. The van der Waals surface area contributed by atoms with E-state index < -0.39 is 0 Å². The Balaban J connectivity index is 1.59. The first-order valence-corrected chi connectivity index (χ1v) is 12.3. The van der Waals surface area contributed by atoms with Crippen molar-refractivity contribution < 1.29 is 9.18 Å². The van der Waals surface area contributed by atoms with Crippen LogP contribution in [-0.4, -0.2) is 41.9 Å². The van der Waals surface area contributed by atoms with Crippen LogP contribution in [0.5, 0.6) is 0 Å². The molecule has 0 bridgehead atoms. The summed E-state index contributed by atoms with van der Waals surface area (Å²) < 4.78 is 14.1. The lowest BCUT2D eigenvalue weighted by Crippen LogP contribution is -2.39. The van der Waals surface area contributed by atoms with Crippen LogP contribution >= 0.6 is 11.6 Å². The van der Waals surface area contributed by atoms with Gasteiger partial charge in [0.1, 0.15) is 5.82 Å². The van der Waals surface area contributed by atoms with E-state index in [0.29, 0.717) is 24.6 Å². The molecule has 3 aromatic rings. The number of nitrogens with zero attached hydrogens (tertiary/aromatic N) is 2. The van der Waals surface area contributed by atoms with E-state index in [4.69, 9.17) is 11.6 Å². The van der Waals surface area contributed by atoms with Crippen molar-refractivity contribution in [3.05, 3.63) is 106 Å². The minimum absolute atomic E-state index is 0.0526. The van der Waals surface area contributed by atoms with Gasteiger partial charge >= 0.3 is 0 Å². The third kappa shape index (κ3) is 6.05. The van der Waals surface area contributed by atoms with Gasteiger partial charge in [0.25, 0.3) is 5.91 Å². The molecule has 0 N–H and O–H groups in total. The van der Waals surface area contributed by atoms with E-state index >= 15 is 0 Å². The summed E-state index contributed by atoms with van der Waals surface area (Å²) in [6, 6.07) is 24.3. The Labute approximate surface area is 207 Å². The molecular formula is C29H32ClFN2O. The minimum atomic E-state index is -0.222. The van der Waals surface area contributed by atoms with E-state index in [2.05, 4.69) is 24.8 Å². The zero-order valence-electron chi connectivity index (χ0n) is 19.8. The molecule has 34 heavy (non-hydrogen) atoms. The summed E-state index contributed by atoms with van der Waals surface area (Å²) in [4.78, 5) is 17.8. The van der Waals surface area contributed by atoms with Gasteiger partial charge in [-0.25, -0.2) is 4.39 Å². The fourth-order valence-corrected chi connectivity index (χ4v) is 5.18. The molecule has 1 saturated heterocycles. The molecule has 0 aromatic heterocycles. The van der Waals surface area contributed by atoms with Crippen LogP contribution in [0.25, 0.3) is 0 Å². The number of halogens is 2. The quantitative estimate of drug-likeness (QED) is 0.369. The smallest absolute Gasteiger partial charge is 0.253 e. The van der Waals surface area contributed by atoms with E-state index in [1.807, 2.05) is 59.5 Å². The summed E-state index contributed by atoms with van der Waals surface area (Å²) in [6.07, 6.45) is 0. The Bertz CT molecular complexity index is 1100. The molecule has 3 nitrogen and oxygen atoms in total. The summed E-state index contributed by atoms with van der Waals surface area (Å²) >= 11 is 6.44. The molecule has 0 radical (unpaired) electrons. The summed E-state index contributed by atoms with van der Waals surface area (Å²) in [7, 11) is 0. The van der Waals surface area contributed by atoms with Crippen LogP contribution in [-0.2, 0) is 6.54 Å². The largest absolute Gasteiger partial charge is 0.338 e. The number of hydrogen-bond donors (Lipinski definition) is 0. The molecular weight excluding hydrogens is 447 g/mol. The van der Waals surface area contributed by atoms with Crippen molar-refractivity contribution >= 4 is 17.5 Å². The van der Waals surface area contributed by atoms with Crippen molar-refractivity contribution in [2.24, 2.45) is 11.8 Å². The maximum absolute atomic E-state index is 14.1. The highest BCUT2D eigenvalue weighted by atomic mass is 35.5. The summed E-state index contributed by atoms with van der Waals surface area (Å²) in [6.45, 7) is 7.94. The second-order valence-electron chi connectivity index (χ2n) is 9.68. The molecule has 1 amide bonds. The fraction of sp³-hybridized carbons (Fsp3) is 0.345. The average Bonchev–Trinajstić information content (AvgIpc) is 3.22. The van der Waals surface area contributed by atoms with Gasteiger partial charge in [-0.05, 0) is 53.3 Å². The van der Waals surface area contributed by atoms with Gasteiger partial charge in [0.15, 0.2) is 0 Å². The zero-order chi connectivity index (χ0) is 24.1. The Morgan fingerprint density at radius 3 is 2.47 bits per heavy atom. The predicted octanol–water partition coefficient (Wildman–Crippen LogP) is 6.49. The highest BCUT2D eigenvalue weighted by Crippen LogP contribution is 2.35. The lowest BCUT2D eigenvalue weighted by atomic mass is 9.88. The first kappa shape index (κ1) is 24.4. The van der Waals surface area contributed by atoms with Gasteiger partial charge in [-0.2, -0.15) is 0 Å². The van der Waals surface area contributed by atoms with Crippen molar-refractivity contribution in [1.29, 1.82) is 0 Å². The monoisotopic (exact) mass is 478 g/mol. The molecule has 1 aliphatic heterocycles. The third-order valence-corrected chi connectivity index (χ3v) is 6.86. The van der Waals surface area contributed by atoms with Crippen molar-refractivity contribution in [2.75, 3.05) is 26.2 Å². The average molecular weight is 479 g/mol. The third-order valence-electron chi connectivity index (χ3n) is 6.49. The van der Waals surface area contributed by atoms with Crippen molar-refractivity contribution in [1.82, 2.24) is 9.80 Å². The zero-order valence-corrected chi connectivity index (χ0v) is 20.6. The maximum atomic E-state index is 14.1. The van der Waals surface area contributed by atoms with Crippen LogP contribution in [0.2, 0.25) is 5.02 Å². The standard InChI is InChI=1S/C29H32ClFN2O/c1-21(2)16-33(29(34)22-9-4-3-5-10-22)19-25-18-32(17-24-11-6-7-14-28(24)30)20-27(25)23-12-8-13-26(31)15-23/h3-15,21,25,27H,16-20H2,1-2H3. The molecule has 0 aliphatic carbocycles. The number of rotatable bonds is 8. The summed E-state index contributed by atoms with van der Waals surface area (Å²) in [5, 5.41) is 0.758. The number of carbonyl (C=O) groups excluding carboxylic acids is 1. The van der Waals surface area contributed by atoms with Crippen LogP contribution in [0.15, 0.2) is 78.9 Å². The van der Waals surface area contributed by atoms with E-state index in [-0.39, 0.29) is 23.6 Å². The molecule has 1 fully saturated rings. The number of benzene rings is 3. The van der Waals surface area contributed by atoms with Gasteiger partial charge in [0.05, 0.1) is 0 Å². The highest BCUT2D eigenvalue weighted by molar-refractivity contribution is 6.31. The topological polar surface area (TPSA) is 23.6 Å². The Morgan fingerprint density at radius 2 is 1.76 bits per heavy atom. The lowest BCUT2D eigenvalue weighted by molar-refractivity contribution is 0.0703. The van der Waals surface area contributed by atoms with Gasteiger partial charge in [0.2, 0.25) is 0 Å². The Hall–Kier alpha value is -2.69. The number of hydrogen-bond acceptors (Lipinski definition) is 2. The minimum Gasteiger partial charge on any atom is -0.338 e. The summed E-state index contributed by atoms with van der Waals surface area (Å²) in [5.41, 5.74) is 2.78. The van der Waals surface area contributed by atoms with Gasteiger partial charge < -0.3 is 4.90 Å². The van der Waals surface area contributed by atoms with E-state index in [0.717, 1.165) is 35.8 Å². The van der Waals surface area contributed by atoms with Gasteiger partial charge in [-0.1, -0.05) is 74.0 Å². The number of carbonyl (C=O) groups is 1. The van der Waals surface area contributed by atoms with Crippen LogP contribution in [0.4, 0.5) is 4.39 Å². The molecule has 1 heterocycles. The first-order valence-electron chi connectivity index (χ1n) is 12.0. The molecule has 5 heteroatoms. The normalized spacial score (nSPS) is 18.4. The molecule has 0 saturated carbocycles. The molecule has 1 aliphatic rings. The van der Waals surface area contributed by atoms with Crippen molar-refractivity contribution in [2.45, 2.75) is 26.3 Å². The van der Waals surface area contributed by atoms with Crippen LogP contribution in [0, 0.1) is 17.7 Å². The maximum Gasteiger partial charge on any atom is 0.253 e. The molecule has 2 unspecified atom stereocenters. The predicted molar refractivity (Wildman–Crippen MR) is 137 cm³/mol. The Kier molecular flexibility index (Phi) is 8.02. The van der Waals surface area contributed by atoms with Crippen molar-refractivity contribution in [3.8, 4) is 0 Å². The van der Waals surface area contributed by atoms with Crippen molar-refractivity contribution in [3.63, 3.8) is 0 Å². The number of likely N-dealkylation sites (tertiary alicyclic amines) is 1. The van der Waals surface area contributed by atoms with Crippen LogP contribution < -0.4 is 0 Å². The molecule has 3 aromatic carbocycles. The molecule has 178 valence electrons. The van der Waals surface area contributed by atoms with Crippen LogP contribution in [0.3, 0.4) is 0 Å². The highest BCUT2D eigenvalue weighted by Gasteiger charge is 2.36. The van der Waals surface area contributed by atoms with E-state index in [1.165, 1.54) is 6.07 Å². The molecule has 2 atom stereocenters. The second-order valence-corrected chi connectivity index (χ2v) is 10.1. The molecule has 4 rings (SSSR count). The Morgan fingerprint density at radius 1 is 1.03 bits per heavy atom. The number of amides is 1. The van der Waals surface area contributed by atoms with Gasteiger partial charge in [-0.3, -0.25) is 9.69 Å². The molecule has 0 spiro atoms. The van der Waals surface area contributed by atoms with Gasteiger partial charge in [-0.15, -0.1) is 0 Å². The fourth-order valence-electron chi connectivity index (χ4n) is 4.98. The van der Waals surface area contributed by atoms with E-state index in [9.17, 15) is 9.18 Å². The first-order chi connectivity index (χ1) is 16.4. The van der Waals surface area contributed by atoms with Gasteiger partial charge in [0, 0.05) is 49.2 Å². The SMILES string of the molecule is CC(C)CN(CC1CN(Cc2ccccc2Cl)CC1c1cccc(F)c1)C(=O)c1ccccc1. The lowest BCUT2D eigenvalue weighted by Gasteiger charge is -2.30. The van der Waals surface area contributed by atoms with E-state index in [1.54, 1.807) is 12.1 Å².